The molecule has 1 atom stereocenters. The van der Waals surface area contributed by atoms with Gasteiger partial charge < -0.3 is 9.80 Å². The Balaban J connectivity index is 1.43. The van der Waals surface area contributed by atoms with Crippen molar-refractivity contribution in [2.75, 3.05) is 37.6 Å². The molecular weight excluding hydrogens is 370 g/mol. The minimum Gasteiger partial charge on any atom is -0.369 e. The molecule has 4 rings (SSSR count). The topological polar surface area (TPSA) is 52.6 Å². The van der Waals surface area contributed by atoms with Crippen molar-refractivity contribution in [3.63, 3.8) is 0 Å². The second-order valence-electron chi connectivity index (χ2n) is 7.87. The third kappa shape index (κ3) is 4.20. The zero-order chi connectivity index (χ0) is 19.7. The van der Waals surface area contributed by atoms with Crippen molar-refractivity contribution < 1.29 is 4.79 Å². The number of nitrogens with zero attached hydrogens (tertiary/aromatic N) is 5. The molecule has 0 aromatic carbocycles. The van der Waals surface area contributed by atoms with Crippen LogP contribution in [0.3, 0.4) is 0 Å². The van der Waals surface area contributed by atoms with Gasteiger partial charge in [0.05, 0.1) is 16.7 Å². The van der Waals surface area contributed by atoms with Gasteiger partial charge in [0.15, 0.2) is 0 Å². The van der Waals surface area contributed by atoms with Gasteiger partial charge in [-0.15, -0.1) is 11.3 Å². The van der Waals surface area contributed by atoms with Gasteiger partial charge in [0.1, 0.15) is 0 Å². The maximum atomic E-state index is 12.0. The summed E-state index contributed by atoms with van der Waals surface area (Å²) in [5, 5.41) is 1.14. The van der Waals surface area contributed by atoms with Crippen molar-refractivity contribution in [3.05, 3.63) is 39.6 Å². The normalized spacial score (nSPS) is 20.8. The maximum Gasteiger partial charge on any atom is 0.220 e. The molecule has 0 N–H and O–H groups in total. The summed E-state index contributed by atoms with van der Waals surface area (Å²) in [4.78, 5) is 29.4. The van der Waals surface area contributed by atoms with Crippen molar-refractivity contribution in [3.8, 4) is 0 Å². The Bertz CT molecular complexity index is 843. The van der Waals surface area contributed by atoms with E-state index in [4.69, 9.17) is 4.98 Å². The maximum absolute atomic E-state index is 12.0. The smallest absolute Gasteiger partial charge is 0.220 e. The number of anilines is 1. The predicted molar refractivity (Wildman–Crippen MR) is 113 cm³/mol. The summed E-state index contributed by atoms with van der Waals surface area (Å²) in [6.07, 6.45) is 4.08. The summed E-state index contributed by atoms with van der Waals surface area (Å²) in [6.45, 7) is 11.8. The van der Waals surface area contributed by atoms with E-state index in [-0.39, 0.29) is 11.9 Å². The molecule has 6 nitrogen and oxygen atoms in total. The van der Waals surface area contributed by atoms with Crippen LogP contribution in [0.25, 0.3) is 0 Å². The van der Waals surface area contributed by atoms with Crippen molar-refractivity contribution >= 4 is 22.9 Å². The van der Waals surface area contributed by atoms with Crippen LogP contribution >= 0.6 is 11.3 Å². The van der Waals surface area contributed by atoms with E-state index in [0.717, 1.165) is 68.5 Å². The number of aryl methyl sites for hydroxylation is 2. The van der Waals surface area contributed by atoms with Gasteiger partial charge in [0.2, 0.25) is 5.91 Å². The highest BCUT2D eigenvalue weighted by Crippen LogP contribution is 2.33. The molecule has 0 bridgehead atoms. The monoisotopic (exact) mass is 399 g/mol. The Morgan fingerprint density at radius 2 is 1.96 bits per heavy atom. The Morgan fingerprint density at radius 1 is 1.18 bits per heavy atom. The lowest BCUT2D eigenvalue weighted by Crippen LogP contribution is -2.46. The van der Waals surface area contributed by atoms with E-state index in [2.05, 4.69) is 40.8 Å². The van der Waals surface area contributed by atoms with Gasteiger partial charge in [-0.25, -0.2) is 4.98 Å². The number of likely N-dealkylation sites (tertiary alicyclic amines) is 1. The molecule has 0 radical (unpaired) electrons. The van der Waals surface area contributed by atoms with E-state index < -0.39 is 0 Å². The number of hydrogen-bond donors (Lipinski definition) is 0. The summed E-state index contributed by atoms with van der Waals surface area (Å²) < 4.78 is 0. The first-order valence-electron chi connectivity index (χ1n) is 10.1. The number of hydrogen-bond acceptors (Lipinski definition) is 6. The fourth-order valence-electron chi connectivity index (χ4n) is 4.34. The Morgan fingerprint density at radius 3 is 2.64 bits per heavy atom. The second kappa shape index (κ2) is 8.17. The molecule has 0 unspecified atom stereocenters. The molecular formula is C21H29N5OS. The first-order valence-corrected chi connectivity index (χ1v) is 11.0. The summed E-state index contributed by atoms with van der Waals surface area (Å²) in [5.41, 5.74) is 3.32. The fraction of sp³-hybridized carbons (Fsp3) is 0.571. The predicted octanol–water partition coefficient (Wildman–Crippen LogP) is 3.16. The Labute approximate surface area is 171 Å². The van der Waals surface area contributed by atoms with Gasteiger partial charge >= 0.3 is 0 Å². The Hall–Kier alpha value is -1.99. The lowest BCUT2D eigenvalue weighted by atomic mass is 10.1. The molecule has 0 aliphatic carbocycles. The molecule has 28 heavy (non-hydrogen) atoms. The van der Waals surface area contributed by atoms with Crippen molar-refractivity contribution in [2.45, 2.75) is 46.2 Å². The van der Waals surface area contributed by atoms with E-state index >= 15 is 0 Å². The van der Waals surface area contributed by atoms with Gasteiger partial charge in [-0.2, -0.15) is 0 Å². The highest BCUT2D eigenvalue weighted by molar-refractivity contribution is 7.11. The SMILES string of the molecule is CC(=O)N1CCC[C@H]1c1cc(N2CCN(Cc3cnc(C)s3)CC2)cc(C)n1. The highest BCUT2D eigenvalue weighted by atomic mass is 32.1. The van der Waals surface area contributed by atoms with Crippen LogP contribution in [0.2, 0.25) is 0 Å². The Kier molecular flexibility index (Phi) is 5.64. The summed E-state index contributed by atoms with van der Waals surface area (Å²) in [6, 6.07) is 4.52. The largest absolute Gasteiger partial charge is 0.369 e. The summed E-state index contributed by atoms with van der Waals surface area (Å²) in [7, 11) is 0. The third-order valence-corrected chi connectivity index (χ3v) is 6.64. The van der Waals surface area contributed by atoms with E-state index in [1.54, 1.807) is 18.3 Å². The molecule has 0 saturated carbocycles. The van der Waals surface area contributed by atoms with Crippen LogP contribution in [0.15, 0.2) is 18.3 Å². The number of amides is 1. The molecule has 2 aromatic rings. The first-order chi connectivity index (χ1) is 13.5. The summed E-state index contributed by atoms with van der Waals surface area (Å²) >= 11 is 1.79. The molecule has 2 saturated heterocycles. The van der Waals surface area contributed by atoms with Gasteiger partial charge in [-0.3, -0.25) is 14.7 Å². The first kappa shape index (κ1) is 19.3. The van der Waals surface area contributed by atoms with Crippen molar-refractivity contribution in [1.82, 2.24) is 19.8 Å². The standard InChI is InChI=1S/C21H29N5OS/c1-15-11-18(12-20(23-15)21-5-4-6-26(21)17(3)27)25-9-7-24(8-10-25)14-19-13-22-16(2)28-19/h11-13,21H,4-10,14H2,1-3H3/t21-/m0/s1. The number of thiazole rings is 1. The average molecular weight is 400 g/mol. The van der Waals surface area contributed by atoms with Crippen molar-refractivity contribution in [2.24, 2.45) is 0 Å². The fourth-order valence-corrected chi connectivity index (χ4v) is 5.18. The van der Waals surface area contributed by atoms with E-state index in [9.17, 15) is 4.79 Å². The zero-order valence-corrected chi connectivity index (χ0v) is 17.8. The van der Waals surface area contributed by atoms with E-state index in [0.29, 0.717) is 0 Å². The van der Waals surface area contributed by atoms with Gasteiger partial charge in [0.25, 0.3) is 0 Å². The number of carbonyl (C=O) groups is 1. The average Bonchev–Trinajstić information content (AvgIpc) is 3.31. The lowest BCUT2D eigenvalue weighted by molar-refractivity contribution is -0.129. The number of carbonyl (C=O) groups excluding carboxylic acids is 1. The highest BCUT2D eigenvalue weighted by Gasteiger charge is 2.30. The molecule has 0 spiro atoms. The zero-order valence-electron chi connectivity index (χ0n) is 17.0. The molecule has 7 heteroatoms. The quantitative estimate of drug-likeness (QED) is 0.790. The number of piperazine rings is 1. The molecule has 2 aliphatic heterocycles. The van der Waals surface area contributed by atoms with E-state index in [1.165, 1.54) is 10.6 Å². The molecule has 2 aromatic heterocycles. The number of aromatic nitrogens is 2. The van der Waals surface area contributed by atoms with Gasteiger partial charge in [-0.1, -0.05) is 0 Å². The van der Waals surface area contributed by atoms with Crippen LogP contribution in [0.4, 0.5) is 5.69 Å². The van der Waals surface area contributed by atoms with Crippen LogP contribution in [0, 0.1) is 13.8 Å². The molecule has 2 aliphatic rings. The third-order valence-electron chi connectivity index (χ3n) is 5.74. The minimum atomic E-state index is 0.131. The van der Waals surface area contributed by atoms with Crippen molar-refractivity contribution in [1.29, 1.82) is 0 Å². The molecule has 150 valence electrons. The van der Waals surface area contributed by atoms with Crippen LogP contribution in [-0.4, -0.2) is 58.4 Å². The van der Waals surface area contributed by atoms with Gasteiger partial charge in [-0.05, 0) is 38.8 Å². The van der Waals surface area contributed by atoms with Crippen LogP contribution < -0.4 is 4.90 Å². The lowest BCUT2D eigenvalue weighted by Gasteiger charge is -2.36. The van der Waals surface area contributed by atoms with Crippen LogP contribution in [0.1, 0.15) is 47.1 Å². The molecule has 1 amide bonds. The number of pyridine rings is 1. The second-order valence-corrected chi connectivity index (χ2v) is 9.19. The van der Waals surface area contributed by atoms with Crippen LogP contribution in [0.5, 0.6) is 0 Å². The van der Waals surface area contributed by atoms with Gasteiger partial charge in [0, 0.05) is 68.6 Å². The summed E-state index contributed by atoms with van der Waals surface area (Å²) in [5.74, 6) is 0.152. The van der Waals surface area contributed by atoms with Crippen LogP contribution in [-0.2, 0) is 11.3 Å². The van der Waals surface area contributed by atoms with E-state index in [1.807, 2.05) is 11.1 Å². The minimum absolute atomic E-state index is 0.131. The number of rotatable bonds is 4. The molecule has 4 heterocycles. The molecule has 2 fully saturated rings.